The number of fused-ring (bicyclic) bond motifs is 7. The van der Waals surface area contributed by atoms with Crippen molar-refractivity contribution >= 4 is 11.9 Å². The summed E-state index contributed by atoms with van der Waals surface area (Å²) in [7, 11) is 0. The highest BCUT2D eigenvalue weighted by atomic mass is 16.5. The quantitative estimate of drug-likeness (QED) is 0.311. The number of allylic oxidation sites excluding steroid dienone is 2. The van der Waals surface area contributed by atoms with Crippen molar-refractivity contribution < 1.29 is 19.4 Å². The monoisotopic (exact) mass is 498 g/mol. The number of carbonyl (C=O) groups excluding carboxylic acids is 1. The second-order valence-corrected chi connectivity index (χ2v) is 15.6. The van der Waals surface area contributed by atoms with E-state index in [-0.39, 0.29) is 45.1 Å². The highest BCUT2D eigenvalue weighted by Crippen LogP contribution is 2.75. The van der Waals surface area contributed by atoms with Gasteiger partial charge in [0.15, 0.2) is 0 Å². The topological polar surface area (TPSA) is 63.6 Å². The van der Waals surface area contributed by atoms with Crippen molar-refractivity contribution in [2.75, 3.05) is 0 Å². The van der Waals surface area contributed by atoms with Crippen LogP contribution in [0.5, 0.6) is 0 Å². The molecule has 4 nitrogen and oxygen atoms in total. The summed E-state index contributed by atoms with van der Waals surface area (Å²) in [6.07, 6.45) is 12.6. The molecule has 8 atom stereocenters. The molecule has 36 heavy (non-hydrogen) atoms. The Morgan fingerprint density at radius 2 is 1.56 bits per heavy atom. The fourth-order valence-electron chi connectivity index (χ4n) is 11.0. The smallest absolute Gasteiger partial charge is 0.310 e. The Morgan fingerprint density at radius 3 is 2.19 bits per heavy atom. The molecule has 0 aromatic rings. The zero-order chi connectivity index (χ0) is 26.5. The van der Waals surface area contributed by atoms with Gasteiger partial charge < -0.3 is 9.84 Å². The molecule has 0 radical (unpaired) electrons. The van der Waals surface area contributed by atoms with Crippen molar-refractivity contribution in [2.24, 2.45) is 50.2 Å². The molecule has 0 amide bonds. The maximum Gasteiger partial charge on any atom is 0.310 e. The lowest BCUT2D eigenvalue weighted by molar-refractivity contribution is -0.213. The second-order valence-electron chi connectivity index (χ2n) is 15.6. The van der Waals surface area contributed by atoms with Crippen LogP contribution in [0.3, 0.4) is 0 Å². The number of hydrogen-bond donors (Lipinski definition) is 1. The Labute approximate surface area is 219 Å². The molecule has 0 aromatic heterocycles. The van der Waals surface area contributed by atoms with Gasteiger partial charge in [-0.2, -0.15) is 0 Å². The summed E-state index contributed by atoms with van der Waals surface area (Å²) in [5.41, 5.74) is 1.50. The first kappa shape index (κ1) is 26.3. The summed E-state index contributed by atoms with van der Waals surface area (Å²) in [5, 5.41) is 10.5. The molecule has 202 valence electrons. The molecule has 4 saturated carbocycles. The van der Waals surface area contributed by atoms with E-state index in [0.717, 1.165) is 57.8 Å². The second kappa shape index (κ2) is 7.85. The van der Waals surface area contributed by atoms with Gasteiger partial charge in [-0.1, -0.05) is 60.1 Å². The minimum atomic E-state index is -0.574. The van der Waals surface area contributed by atoms with Crippen molar-refractivity contribution in [3.8, 4) is 0 Å². The van der Waals surface area contributed by atoms with Crippen molar-refractivity contribution in [3.05, 3.63) is 11.6 Å². The molecule has 4 heteroatoms. The summed E-state index contributed by atoms with van der Waals surface area (Å²) in [4.78, 5) is 24.7. The van der Waals surface area contributed by atoms with Crippen molar-refractivity contribution in [2.45, 2.75) is 126 Å². The zero-order valence-electron chi connectivity index (χ0n) is 24.1. The first-order valence-corrected chi connectivity index (χ1v) is 14.6. The van der Waals surface area contributed by atoms with Gasteiger partial charge in [0.05, 0.1) is 5.41 Å². The molecule has 2 unspecified atom stereocenters. The van der Waals surface area contributed by atoms with Crippen LogP contribution in [-0.2, 0) is 14.3 Å². The number of aliphatic carboxylic acids is 1. The van der Waals surface area contributed by atoms with Gasteiger partial charge in [0.1, 0.15) is 6.10 Å². The van der Waals surface area contributed by atoms with E-state index >= 15 is 0 Å². The summed E-state index contributed by atoms with van der Waals surface area (Å²) in [6.45, 7) is 18.5. The molecule has 0 saturated heterocycles. The molecular weight excluding hydrogens is 448 g/mol. The number of rotatable bonds is 2. The van der Waals surface area contributed by atoms with E-state index in [1.807, 2.05) is 0 Å². The third kappa shape index (κ3) is 3.30. The van der Waals surface area contributed by atoms with Crippen LogP contribution < -0.4 is 0 Å². The van der Waals surface area contributed by atoms with Crippen molar-refractivity contribution in [1.82, 2.24) is 0 Å². The van der Waals surface area contributed by atoms with E-state index in [2.05, 4.69) is 54.5 Å². The third-order valence-corrected chi connectivity index (χ3v) is 13.3. The van der Waals surface area contributed by atoms with E-state index in [1.54, 1.807) is 6.92 Å². The minimum absolute atomic E-state index is 0.00181. The van der Waals surface area contributed by atoms with Crippen LogP contribution in [0.4, 0.5) is 0 Å². The van der Waals surface area contributed by atoms with Crippen LogP contribution in [0.2, 0.25) is 0 Å². The lowest BCUT2D eigenvalue weighted by Crippen LogP contribution is -2.65. The normalized spacial score (nSPS) is 48.8. The number of carboxylic acid groups (broad SMARTS) is 1. The number of carboxylic acids is 1. The Hall–Kier alpha value is -1.32. The van der Waals surface area contributed by atoms with Gasteiger partial charge in [-0.25, -0.2) is 0 Å². The van der Waals surface area contributed by atoms with Gasteiger partial charge >= 0.3 is 11.9 Å². The number of hydrogen-bond acceptors (Lipinski definition) is 3. The summed E-state index contributed by atoms with van der Waals surface area (Å²) >= 11 is 0. The number of carbonyl (C=O) groups is 2. The standard InChI is InChI=1S/C32H50O4/c1-20(33)36-25-12-13-29(6)23(28(25,4)5)11-14-31(8)24(29)10-9-21-22-19-27(2,3)15-17-32(22,26(34)35)18-16-30(21,31)7/h9,22-25H,10-19H2,1-8H3,(H,34,35)/t22?,23-,24?,25-,29-,30+,31+,32-/m0/s1. The van der Waals surface area contributed by atoms with E-state index in [4.69, 9.17) is 4.74 Å². The number of esters is 1. The maximum atomic E-state index is 12.8. The molecule has 1 N–H and O–H groups in total. The van der Waals surface area contributed by atoms with Crippen LogP contribution in [-0.4, -0.2) is 23.1 Å². The van der Waals surface area contributed by atoms with Gasteiger partial charge in [-0.15, -0.1) is 0 Å². The van der Waals surface area contributed by atoms with E-state index in [0.29, 0.717) is 11.8 Å². The third-order valence-electron chi connectivity index (χ3n) is 13.3. The van der Waals surface area contributed by atoms with Crippen LogP contribution in [0.15, 0.2) is 11.6 Å². The molecule has 0 aliphatic heterocycles. The first-order chi connectivity index (χ1) is 16.5. The SMILES string of the molecule is CC(=O)O[C@H]1CC[C@]2(C)C3CC=C4C5CC(C)(C)CC[C@]5(C(=O)O)CC[C@@]4(C)[C@]3(C)CC[C@H]2C1(C)C. The Morgan fingerprint density at radius 1 is 0.889 bits per heavy atom. The summed E-state index contributed by atoms with van der Waals surface area (Å²) in [6, 6.07) is 0. The van der Waals surface area contributed by atoms with Gasteiger partial charge in [0.25, 0.3) is 0 Å². The zero-order valence-corrected chi connectivity index (χ0v) is 24.1. The molecule has 0 heterocycles. The predicted molar refractivity (Wildman–Crippen MR) is 142 cm³/mol. The van der Waals surface area contributed by atoms with Crippen molar-refractivity contribution in [3.63, 3.8) is 0 Å². The molecule has 0 aromatic carbocycles. The average molecular weight is 499 g/mol. The maximum absolute atomic E-state index is 12.8. The van der Waals surface area contributed by atoms with Crippen LogP contribution in [0.1, 0.15) is 120 Å². The first-order valence-electron chi connectivity index (χ1n) is 14.6. The minimum Gasteiger partial charge on any atom is -0.481 e. The van der Waals surface area contributed by atoms with Gasteiger partial charge in [0.2, 0.25) is 0 Å². The van der Waals surface area contributed by atoms with E-state index in [1.165, 1.54) is 12.0 Å². The largest absolute Gasteiger partial charge is 0.481 e. The predicted octanol–water partition coefficient (Wildman–Crippen LogP) is 7.80. The van der Waals surface area contributed by atoms with Crippen molar-refractivity contribution in [1.29, 1.82) is 0 Å². The number of ether oxygens (including phenoxy) is 1. The molecule has 0 spiro atoms. The van der Waals surface area contributed by atoms with Gasteiger partial charge in [-0.05, 0) is 104 Å². The Bertz CT molecular complexity index is 992. The van der Waals surface area contributed by atoms with Crippen LogP contribution >= 0.6 is 0 Å². The molecular formula is C32H50O4. The van der Waals surface area contributed by atoms with Gasteiger partial charge in [-0.3, -0.25) is 9.59 Å². The van der Waals surface area contributed by atoms with E-state index in [9.17, 15) is 14.7 Å². The summed E-state index contributed by atoms with van der Waals surface area (Å²) in [5.74, 6) is 0.546. The lowest BCUT2D eigenvalue weighted by Gasteiger charge is -2.71. The molecule has 5 aliphatic carbocycles. The molecule has 5 aliphatic rings. The van der Waals surface area contributed by atoms with E-state index < -0.39 is 11.4 Å². The van der Waals surface area contributed by atoms with Crippen LogP contribution in [0, 0.1) is 50.2 Å². The highest BCUT2D eigenvalue weighted by molar-refractivity contribution is 5.76. The molecule has 0 bridgehead atoms. The average Bonchev–Trinajstić information content (AvgIpc) is 2.75. The highest BCUT2D eigenvalue weighted by Gasteiger charge is 2.69. The molecule has 5 rings (SSSR count). The Balaban J connectivity index is 1.55. The summed E-state index contributed by atoms with van der Waals surface area (Å²) < 4.78 is 5.87. The lowest BCUT2D eigenvalue weighted by atomic mass is 9.33. The fourth-order valence-corrected chi connectivity index (χ4v) is 11.0. The molecule has 4 fully saturated rings. The fraction of sp³-hybridized carbons (Fsp3) is 0.875. The van der Waals surface area contributed by atoms with Crippen LogP contribution in [0.25, 0.3) is 0 Å². The van der Waals surface area contributed by atoms with Gasteiger partial charge in [0, 0.05) is 12.3 Å². The Kier molecular flexibility index (Phi) is 5.74.